The molecule has 7 heteroatoms. The monoisotopic (exact) mass is 333 g/mol. The van der Waals surface area contributed by atoms with Gasteiger partial charge in [-0.2, -0.15) is 0 Å². The van der Waals surface area contributed by atoms with Gasteiger partial charge in [0.25, 0.3) is 5.91 Å². The Hall–Kier alpha value is -2.57. The predicted molar refractivity (Wildman–Crippen MR) is 89.6 cm³/mol. The fourth-order valence-electron chi connectivity index (χ4n) is 2.60. The van der Waals surface area contributed by atoms with Gasteiger partial charge in [-0.25, -0.2) is 4.79 Å². The third kappa shape index (κ3) is 4.24. The lowest BCUT2D eigenvalue weighted by atomic mass is 10.1. The number of carbonyl (C=O) groups excluding carboxylic acids is 3. The average molecular weight is 333 g/mol. The van der Waals surface area contributed by atoms with Gasteiger partial charge in [-0.05, 0) is 45.7 Å². The van der Waals surface area contributed by atoms with E-state index in [0.717, 1.165) is 6.42 Å². The molecule has 1 fully saturated rings. The Balaban J connectivity index is 2.12. The summed E-state index contributed by atoms with van der Waals surface area (Å²) in [6.45, 7) is 5.79. The standard InChI is InChI=1S/C17H23N3O4/c1-17(2,3)24-16(23)20-10-6-9-13(20)15(22)19-12-8-5-4-7-11(12)14(18)21/h4-5,7-8,13H,6,9-10H2,1-3H3,(H2,18,21)(H,19,22)/t13-/m0/s1. The van der Waals surface area contributed by atoms with Crippen molar-refractivity contribution in [2.75, 3.05) is 11.9 Å². The summed E-state index contributed by atoms with van der Waals surface area (Å²) in [5, 5.41) is 2.69. The third-order valence-corrected chi connectivity index (χ3v) is 3.63. The largest absolute Gasteiger partial charge is 0.444 e. The van der Waals surface area contributed by atoms with Gasteiger partial charge in [0.2, 0.25) is 5.91 Å². The molecule has 24 heavy (non-hydrogen) atoms. The summed E-state index contributed by atoms with van der Waals surface area (Å²) in [5.74, 6) is -0.978. The molecule has 1 aliphatic rings. The minimum absolute atomic E-state index is 0.229. The van der Waals surface area contributed by atoms with Gasteiger partial charge in [-0.3, -0.25) is 14.5 Å². The van der Waals surface area contributed by atoms with Gasteiger partial charge in [0.15, 0.2) is 0 Å². The smallest absolute Gasteiger partial charge is 0.410 e. The molecule has 0 aromatic heterocycles. The summed E-state index contributed by atoms with van der Waals surface area (Å²) >= 11 is 0. The van der Waals surface area contributed by atoms with Crippen molar-refractivity contribution >= 4 is 23.6 Å². The molecule has 7 nitrogen and oxygen atoms in total. The van der Waals surface area contributed by atoms with Gasteiger partial charge in [0.1, 0.15) is 11.6 Å². The van der Waals surface area contributed by atoms with Crippen LogP contribution < -0.4 is 11.1 Å². The molecule has 1 heterocycles. The Morgan fingerprint density at radius 2 is 1.92 bits per heavy atom. The molecule has 1 saturated heterocycles. The number of hydrogen-bond donors (Lipinski definition) is 2. The summed E-state index contributed by atoms with van der Waals surface area (Å²) in [6.07, 6.45) is 0.752. The van der Waals surface area contributed by atoms with E-state index >= 15 is 0 Å². The number of likely N-dealkylation sites (tertiary alicyclic amines) is 1. The molecule has 0 radical (unpaired) electrons. The second kappa shape index (κ2) is 6.90. The van der Waals surface area contributed by atoms with Crippen LogP contribution >= 0.6 is 0 Å². The van der Waals surface area contributed by atoms with Gasteiger partial charge in [0, 0.05) is 6.54 Å². The second-order valence-electron chi connectivity index (χ2n) is 6.73. The Morgan fingerprint density at radius 3 is 2.54 bits per heavy atom. The SMILES string of the molecule is CC(C)(C)OC(=O)N1CCC[C@H]1C(=O)Nc1ccccc1C(N)=O. The number of benzene rings is 1. The highest BCUT2D eigenvalue weighted by atomic mass is 16.6. The molecular formula is C17H23N3O4. The van der Waals surface area contributed by atoms with Crippen LogP contribution in [0.2, 0.25) is 0 Å². The molecule has 1 aromatic rings. The number of nitrogens with one attached hydrogen (secondary N) is 1. The Bertz CT molecular complexity index is 651. The lowest BCUT2D eigenvalue weighted by molar-refractivity contribution is -0.120. The van der Waals surface area contributed by atoms with Crippen LogP contribution in [0.1, 0.15) is 44.0 Å². The first-order chi connectivity index (χ1) is 11.2. The molecule has 0 spiro atoms. The number of nitrogens with two attached hydrogens (primary N) is 1. The summed E-state index contributed by atoms with van der Waals surface area (Å²) in [5.41, 5.74) is 5.26. The number of rotatable bonds is 3. The Morgan fingerprint density at radius 1 is 1.25 bits per heavy atom. The zero-order chi connectivity index (χ0) is 17.9. The minimum atomic E-state index is -0.626. The zero-order valence-electron chi connectivity index (χ0n) is 14.2. The topological polar surface area (TPSA) is 102 Å². The fourth-order valence-corrected chi connectivity index (χ4v) is 2.60. The summed E-state index contributed by atoms with van der Waals surface area (Å²) < 4.78 is 5.35. The highest BCUT2D eigenvalue weighted by Crippen LogP contribution is 2.23. The first kappa shape index (κ1) is 17.8. The van der Waals surface area contributed by atoms with Gasteiger partial charge in [-0.1, -0.05) is 12.1 Å². The van der Waals surface area contributed by atoms with Crippen molar-refractivity contribution < 1.29 is 19.1 Å². The van der Waals surface area contributed by atoms with Gasteiger partial charge in [0.05, 0.1) is 11.3 Å². The highest BCUT2D eigenvalue weighted by molar-refractivity contribution is 6.04. The Labute approximate surface area is 141 Å². The average Bonchev–Trinajstić information content (AvgIpc) is 2.95. The number of hydrogen-bond acceptors (Lipinski definition) is 4. The van der Waals surface area contributed by atoms with Crippen LogP contribution in [0.25, 0.3) is 0 Å². The normalized spacial score (nSPS) is 17.5. The first-order valence-electron chi connectivity index (χ1n) is 7.88. The Kier molecular flexibility index (Phi) is 5.11. The van der Waals surface area contributed by atoms with Crippen LogP contribution in [0.5, 0.6) is 0 Å². The number of amides is 3. The van der Waals surface area contributed by atoms with Gasteiger partial charge >= 0.3 is 6.09 Å². The zero-order valence-corrected chi connectivity index (χ0v) is 14.2. The van der Waals surface area contributed by atoms with Gasteiger partial charge < -0.3 is 15.8 Å². The van der Waals surface area contributed by atoms with Crippen LogP contribution in [-0.2, 0) is 9.53 Å². The van der Waals surface area contributed by atoms with Crippen LogP contribution in [-0.4, -0.2) is 41.0 Å². The summed E-state index contributed by atoms with van der Waals surface area (Å²) in [7, 11) is 0. The van der Waals surface area contributed by atoms with Crippen molar-refractivity contribution in [3.05, 3.63) is 29.8 Å². The molecule has 1 aliphatic heterocycles. The molecule has 0 bridgehead atoms. The quantitative estimate of drug-likeness (QED) is 0.884. The maximum Gasteiger partial charge on any atom is 0.410 e. The molecule has 130 valence electrons. The molecule has 3 amide bonds. The highest BCUT2D eigenvalue weighted by Gasteiger charge is 2.36. The lowest BCUT2D eigenvalue weighted by Gasteiger charge is -2.28. The fraction of sp³-hybridized carbons (Fsp3) is 0.471. The molecule has 0 aliphatic carbocycles. The van der Waals surface area contributed by atoms with E-state index in [-0.39, 0.29) is 11.5 Å². The number of para-hydroxylation sites is 1. The molecule has 0 saturated carbocycles. The van der Waals surface area contributed by atoms with Crippen molar-refractivity contribution in [3.8, 4) is 0 Å². The van der Waals surface area contributed by atoms with E-state index in [1.807, 2.05) is 0 Å². The number of anilines is 1. The predicted octanol–water partition coefficient (Wildman–Crippen LogP) is 2.12. The minimum Gasteiger partial charge on any atom is -0.444 e. The van der Waals surface area contributed by atoms with Crippen LogP contribution in [0, 0.1) is 0 Å². The number of nitrogens with zero attached hydrogens (tertiary/aromatic N) is 1. The van der Waals surface area contributed by atoms with Gasteiger partial charge in [-0.15, -0.1) is 0 Å². The van der Waals surface area contributed by atoms with E-state index in [0.29, 0.717) is 18.7 Å². The van der Waals surface area contributed by atoms with E-state index in [4.69, 9.17) is 10.5 Å². The van der Waals surface area contributed by atoms with Crippen LogP contribution in [0.15, 0.2) is 24.3 Å². The molecule has 2 rings (SSSR count). The first-order valence-corrected chi connectivity index (χ1v) is 7.88. The van der Waals surface area contributed by atoms with E-state index in [2.05, 4.69) is 5.32 Å². The molecular weight excluding hydrogens is 310 g/mol. The second-order valence-corrected chi connectivity index (χ2v) is 6.73. The van der Waals surface area contributed by atoms with Crippen LogP contribution in [0.4, 0.5) is 10.5 Å². The van der Waals surface area contributed by atoms with Crippen molar-refractivity contribution in [2.24, 2.45) is 5.73 Å². The third-order valence-electron chi connectivity index (χ3n) is 3.63. The summed E-state index contributed by atoms with van der Waals surface area (Å²) in [4.78, 5) is 37.7. The maximum atomic E-state index is 12.6. The van der Waals surface area contributed by atoms with E-state index in [9.17, 15) is 14.4 Å². The molecule has 1 aromatic carbocycles. The number of primary amides is 1. The lowest BCUT2D eigenvalue weighted by Crippen LogP contribution is -2.45. The van der Waals surface area contributed by atoms with Crippen molar-refractivity contribution in [1.29, 1.82) is 0 Å². The van der Waals surface area contributed by atoms with Crippen LogP contribution in [0.3, 0.4) is 0 Å². The summed E-state index contributed by atoms with van der Waals surface area (Å²) in [6, 6.07) is 5.88. The molecule has 3 N–H and O–H groups in total. The van der Waals surface area contributed by atoms with Crippen molar-refractivity contribution in [3.63, 3.8) is 0 Å². The van der Waals surface area contributed by atoms with Crippen molar-refractivity contribution in [2.45, 2.75) is 45.3 Å². The van der Waals surface area contributed by atoms with Crippen molar-refractivity contribution in [1.82, 2.24) is 4.90 Å². The van der Waals surface area contributed by atoms with E-state index in [1.54, 1.807) is 39.0 Å². The molecule has 1 atom stereocenters. The van der Waals surface area contributed by atoms with E-state index < -0.39 is 23.6 Å². The number of ether oxygens (including phenoxy) is 1. The maximum absolute atomic E-state index is 12.6. The van der Waals surface area contributed by atoms with E-state index in [1.165, 1.54) is 11.0 Å². The molecule has 0 unspecified atom stereocenters. The number of carbonyl (C=O) groups is 3.